The van der Waals surface area contributed by atoms with Crippen LogP contribution in [0, 0.1) is 11.6 Å². The van der Waals surface area contributed by atoms with Crippen molar-refractivity contribution >= 4 is 22.9 Å². The molecule has 20 heavy (non-hydrogen) atoms. The van der Waals surface area contributed by atoms with Crippen LogP contribution in [0.1, 0.15) is 12.5 Å². The van der Waals surface area contributed by atoms with E-state index in [2.05, 4.69) is 12.2 Å². The van der Waals surface area contributed by atoms with E-state index in [1.807, 2.05) is 6.92 Å². The molecule has 0 aliphatic carbocycles. The van der Waals surface area contributed by atoms with Crippen molar-refractivity contribution in [2.75, 3.05) is 24.7 Å². The number of nitrogens with two attached hydrogens (primary N) is 1. The van der Waals surface area contributed by atoms with E-state index < -0.39 is 17.7 Å². The zero-order chi connectivity index (χ0) is 14.9. The Hall–Kier alpha value is -1.31. The van der Waals surface area contributed by atoms with Crippen LogP contribution in [-0.2, 0) is 4.74 Å². The van der Waals surface area contributed by atoms with Crippen LogP contribution in [0.2, 0.25) is 0 Å². The lowest BCUT2D eigenvalue weighted by atomic mass is 10.1. The molecule has 1 heterocycles. The van der Waals surface area contributed by atoms with Crippen LogP contribution < -0.4 is 10.6 Å². The quantitative estimate of drug-likeness (QED) is 0.821. The molecule has 0 radical (unpaired) electrons. The Morgan fingerprint density at radius 1 is 1.50 bits per heavy atom. The molecule has 0 saturated carbocycles. The number of ether oxygens (including phenoxy) is 1. The van der Waals surface area contributed by atoms with E-state index in [-0.39, 0.29) is 28.9 Å². The minimum atomic E-state index is -1.05. The highest BCUT2D eigenvalue weighted by Gasteiger charge is 2.29. The second kappa shape index (κ2) is 5.99. The van der Waals surface area contributed by atoms with Gasteiger partial charge in [0.05, 0.1) is 25.0 Å². The number of hydrogen-bond acceptors (Lipinski definition) is 4. The Kier molecular flexibility index (Phi) is 4.52. The Bertz CT molecular complexity index is 527. The first-order chi connectivity index (χ1) is 9.45. The van der Waals surface area contributed by atoms with E-state index >= 15 is 0 Å². The summed E-state index contributed by atoms with van der Waals surface area (Å²) in [5.74, 6) is -2.03. The van der Waals surface area contributed by atoms with E-state index in [1.54, 1.807) is 4.90 Å². The molecule has 1 aliphatic heterocycles. The molecule has 1 saturated heterocycles. The van der Waals surface area contributed by atoms with Crippen molar-refractivity contribution in [3.05, 3.63) is 29.3 Å². The zero-order valence-corrected chi connectivity index (χ0v) is 11.8. The number of morpholine rings is 1. The zero-order valence-electron chi connectivity index (χ0n) is 11.0. The van der Waals surface area contributed by atoms with Crippen LogP contribution in [0.5, 0.6) is 0 Å². The molecule has 4 nitrogen and oxygen atoms in total. The van der Waals surface area contributed by atoms with Gasteiger partial charge in [0.2, 0.25) is 0 Å². The van der Waals surface area contributed by atoms with Crippen molar-refractivity contribution in [1.82, 2.24) is 0 Å². The van der Waals surface area contributed by atoms with E-state index in [0.717, 1.165) is 0 Å². The van der Waals surface area contributed by atoms with Gasteiger partial charge in [0.15, 0.2) is 11.6 Å². The highest BCUT2D eigenvalue weighted by molar-refractivity contribution is 7.80. The summed E-state index contributed by atoms with van der Waals surface area (Å²) in [6.45, 7) is 2.30. The molecule has 110 valence electrons. The Morgan fingerprint density at radius 2 is 2.20 bits per heavy atom. The predicted molar refractivity (Wildman–Crippen MR) is 75.9 cm³/mol. The van der Waals surface area contributed by atoms with Gasteiger partial charge in [-0.25, -0.2) is 8.78 Å². The number of benzene rings is 1. The first-order valence-corrected chi connectivity index (χ1v) is 6.63. The average Bonchev–Trinajstić information content (AvgIpc) is 2.42. The molecule has 1 fully saturated rings. The topological polar surface area (TPSA) is 58.7 Å². The number of thiocarbonyl (C=S) groups is 1. The van der Waals surface area contributed by atoms with Gasteiger partial charge in [-0.05, 0) is 19.1 Å². The molecule has 0 aromatic heterocycles. The van der Waals surface area contributed by atoms with Gasteiger partial charge in [-0.3, -0.25) is 0 Å². The Morgan fingerprint density at radius 3 is 2.80 bits per heavy atom. The lowest BCUT2D eigenvalue weighted by Gasteiger charge is -2.39. The van der Waals surface area contributed by atoms with E-state index in [1.165, 1.54) is 12.1 Å². The van der Waals surface area contributed by atoms with Gasteiger partial charge in [-0.2, -0.15) is 0 Å². The first-order valence-electron chi connectivity index (χ1n) is 6.22. The van der Waals surface area contributed by atoms with Gasteiger partial charge in [-0.1, -0.05) is 12.2 Å². The number of rotatable bonds is 3. The molecule has 2 rings (SSSR count). The minimum absolute atomic E-state index is 0.110. The van der Waals surface area contributed by atoms with Crippen LogP contribution >= 0.6 is 12.2 Å². The average molecular weight is 302 g/mol. The standard InChI is InChI=1S/C13H16F2N2O2S/c1-7-6-19-8(5-18)4-17(7)10-3-2-9(13(16)20)11(14)12(10)15/h2-3,7-8,18H,4-6H2,1H3,(H2,16,20). The number of aliphatic hydroxyl groups is 1. The molecule has 0 amide bonds. The van der Waals surface area contributed by atoms with E-state index in [9.17, 15) is 8.78 Å². The van der Waals surface area contributed by atoms with Gasteiger partial charge >= 0.3 is 0 Å². The third-order valence-electron chi connectivity index (χ3n) is 3.35. The highest BCUT2D eigenvalue weighted by atomic mass is 32.1. The monoisotopic (exact) mass is 302 g/mol. The van der Waals surface area contributed by atoms with Crippen molar-refractivity contribution in [2.45, 2.75) is 19.1 Å². The van der Waals surface area contributed by atoms with Crippen molar-refractivity contribution in [1.29, 1.82) is 0 Å². The maximum Gasteiger partial charge on any atom is 0.182 e. The lowest BCUT2D eigenvalue weighted by Crippen LogP contribution is -2.50. The number of halogens is 2. The van der Waals surface area contributed by atoms with E-state index in [0.29, 0.717) is 13.2 Å². The maximum absolute atomic E-state index is 14.2. The molecule has 0 bridgehead atoms. The first kappa shape index (κ1) is 15.1. The lowest BCUT2D eigenvalue weighted by molar-refractivity contribution is -0.0105. The fourth-order valence-corrected chi connectivity index (χ4v) is 2.37. The van der Waals surface area contributed by atoms with Crippen LogP contribution in [-0.4, -0.2) is 42.0 Å². The highest BCUT2D eigenvalue weighted by Crippen LogP contribution is 2.28. The molecular formula is C13H16F2N2O2S. The predicted octanol–water partition coefficient (Wildman–Crippen LogP) is 1.19. The summed E-state index contributed by atoms with van der Waals surface area (Å²) in [5, 5.41) is 9.13. The van der Waals surface area contributed by atoms with Gasteiger partial charge in [0.1, 0.15) is 4.99 Å². The molecule has 2 unspecified atom stereocenters. The largest absolute Gasteiger partial charge is 0.394 e. The Labute approximate surface area is 121 Å². The van der Waals surface area contributed by atoms with Crippen molar-refractivity contribution in [2.24, 2.45) is 5.73 Å². The summed E-state index contributed by atoms with van der Waals surface area (Å²) >= 11 is 4.67. The van der Waals surface area contributed by atoms with Crippen LogP contribution in [0.3, 0.4) is 0 Å². The van der Waals surface area contributed by atoms with Gasteiger partial charge in [-0.15, -0.1) is 0 Å². The van der Waals surface area contributed by atoms with Crippen molar-refractivity contribution in [3.63, 3.8) is 0 Å². The number of nitrogens with zero attached hydrogens (tertiary/aromatic N) is 1. The third kappa shape index (κ3) is 2.74. The number of aliphatic hydroxyl groups excluding tert-OH is 1. The fraction of sp³-hybridized carbons (Fsp3) is 0.462. The fourth-order valence-electron chi connectivity index (χ4n) is 2.21. The molecule has 0 spiro atoms. The van der Waals surface area contributed by atoms with Crippen LogP contribution in [0.25, 0.3) is 0 Å². The smallest absolute Gasteiger partial charge is 0.182 e. The molecule has 7 heteroatoms. The summed E-state index contributed by atoms with van der Waals surface area (Å²) < 4.78 is 33.5. The minimum Gasteiger partial charge on any atom is -0.394 e. The van der Waals surface area contributed by atoms with Crippen molar-refractivity contribution in [3.8, 4) is 0 Å². The summed E-state index contributed by atoms with van der Waals surface area (Å²) in [6, 6.07) is 2.69. The van der Waals surface area contributed by atoms with Crippen molar-refractivity contribution < 1.29 is 18.6 Å². The molecular weight excluding hydrogens is 286 g/mol. The molecule has 1 aromatic carbocycles. The SMILES string of the molecule is CC1COC(CO)CN1c1ccc(C(N)=S)c(F)c1F. The molecule has 2 atom stereocenters. The van der Waals surface area contributed by atoms with Gasteiger partial charge in [0, 0.05) is 18.2 Å². The van der Waals surface area contributed by atoms with E-state index in [4.69, 9.17) is 15.6 Å². The van der Waals surface area contributed by atoms with Gasteiger partial charge < -0.3 is 20.5 Å². The Balaban J connectivity index is 2.37. The van der Waals surface area contributed by atoms with Crippen LogP contribution in [0.15, 0.2) is 12.1 Å². The normalized spacial score (nSPS) is 22.9. The molecule has 1 aromatic rings. The summed E-state index contributed by atoms with van der Waals surface area (Å²) in [4.78, 5) is 1.49. The van der Waals surface area contributed by atoms with Crippen LogP contribution in [0.4, 0.5) is 14.5 Å². The summed E-state index contributed by atoms with van der Waals surface area (Å²) in [6.07, 6.45) is -0.413. The summed E-state index contributed by atoms with van der Waals surface area (Å²) in [7, 11) is 0. The molecule has 3 N–H and O–H groups in total. The maximum atomic E-state index is 14.2. The molecule has 1 aliphatic rings. The third-order valence-corrected chi connectivity index (χ3v) is 3.57. The second-order valence-electron chi connectivity index (χ2n) is 4.76. The second-order valence-corrected chi connectivity index (χ2v) is 5.20. The number of hydrogen-bond donors (Lipinski definition) is 2. The van der Waals surface area contributed by atoms with Gasteiger partial charge in [0.25, 0.3) is 0 Å². The number of anilines is 1. The summed E-state index contributed by atoms with van der Waals surface area (Å²) in [5.41, 5.74) is 5.35.